The summed E-state index contributed by atoms with van der Waals surface area (Å²) >= 11 is 5.93. The number of carbonyl (C=O) groups is 1. The molecule has 0 saturated heterocycles. The summed E-state index contributed by atoms with van der Waals surface area (Å²) in [7, 11) is 0. The summed E-state index contributed by atoms with van der Waals surface area (Å²) in [5, 5.41) is 3.75. The highest BCUT2D eigenvalue weighted by Crippen LogP contribution is 2.27. The fraction of sp³-hybridized carbons (Fsp3) is 0.500. The second kappa shape index (κ2) is 5.41. The molecule has 1 saturated carbocycles. The van der Waals surface area contributed by atoms with Gasteiger partial charge in [-0.15, -0.1) is 0 Å². The molecule has 0 amide bonds. The highest BCUT2D eigenvalue weighted by atomic mass is 35.5. The van der Waals surface area contributed by atoms with Crippen LogP contribution in [-0.4, -0.2) is 23.9 Å². The topological polar surface area (TPSA) is 42.0 Å². The van der Waals surface area contributed by atoms with E-state index in [0.717, 1.165) is 18.0 Å². The van der Waals surface area contributed by atoms with Gasteiger partial charge >= 0.3 is 0 Å². The summed E-state index contributed by atoms with van der Waals surface area (Å²) in [5.41, 5.74) is 0.856. The molecule has 2 rings (SSSR count). The van der Waals surface area contributed by atoms with Crippen molar-refractivity contribution in [1.29, 1.82) is 0 Å². The molecule has 0 atom stereocenters. The number of carbonyl (C=O) groups excluding carboxylic acids is 1. The maximum absolute atomic E-state index is 11.6. The van der Waals surface area contributed by atoms with Gasteiger partial charge in [0, 0.05) is 18.8 Å². The van der Waals surface area contributed by atoms with Crippen molar-refractivity contribution in [3.63, 3.8) is 0 Å². The number of hydrogen-bond acceptors (Lipinski definition) is 3. The lowest BCUT2D eigenvalue weighted by Gasteiger charge is -2.04. The average molecular weight is 239 g/mol. The molecule has 1 fully saturated rings. The van der Waals surface area contributed by atoms with E-state index < -0.39 is 0 Å². The lowest BCUT2D eigenvalue weighted by atomic mass is 10.1. The second-order valence-electron chi connectivity index (χ2n) is 4.26. The molecule has 0 aliphatic heterocycles. The number of Topliss-reactive ketones (excluding diaryl/α,β-unsaturated/α-hetero) is 1. The van der Waals surface area contributed by atoms with Crippen LogP contribution in [0, 0.1) is 5.92 Å². The van der Waals surface area contributed by atoms with Gasteiger partial charge in [-0.05, 0) is 36.9 Å². The van der Waals surface area contributed by atoms with E-state index in [2.05, 4.69) is 10.3 Å². The number of hydrogen-bond donors (Lipinski definition) is 1. The largest absolute Gasteiger partial charge is 0.310 e. The SMILES string of the molecule is O=C(CNCC1CC1)Cc1ccncc1Cl. The minimum Gasteiger partial charge on any atom is -0.310 e. The third kappa shape index (κ3) is 3.58. The van der Waals surface area contributed by atoms with Crippen LogP contribution in [0.3, 0.4) is 0 Å². The predicted molar refractivity (Wildman–Crippen MR) is 63.6 cm³/mol. The fourth-order valence-corrected chi connectivity index (χ4v) is 1.75. The van der Waals surface area contributed by atoms with E-state index in [9.17, 15) is 4.79 Å². The van der Waals surface area contributed by atoms with Gasteiger partial charge in [-0.25, -0.2) is 0 Å². The minimum absolute atomic E-state index is 0.175. The number of nitrogens with one attached hydrogen (secondary N) is 1. The summed E-state index contributed by atoms with van der Waals surface area (Å²) in [5.74, 6) is 0.978. The van der Waals surface area contributed by atoms with Gasteiger partial charge in [0.1, 0.15) is 0 Å². The van der Waals surface area contributed by atoms with Gasteiger partial charge in [0.05, 0.1) is 11.6 Å². The van der Waals surface area contributed by atoms with Crippen molar-refractivity contribution in [3.05, 3.63) is 29.0 Å². The number of ketones is 1. The van der Waals surface area contributed by atoms with E-state index in [4.69, 9.17) is 11.6 Å². The lowest BCUT2D eigenvalue weighted by molar-refractivity contribution is -0.117. The third-order valence-corrected chi connectivity index (χ3v) is 3.04. The van der Waals surface area contributed by atoms with E-state index in [1.165, 1.54) is 12.8 Å². The lowest BCUT2D eigenvalue weighted by Crippen LogP contribution is -2.26. The smallest absolute Gasteiger partial charge is 0.151 e. The molecular weight excluding hydrogens is 224 g/mol. The molecule has 1 heterocycles. The van der Waals surface area contributed by atoms with Crippen molar-refractivity contribution < 1.29 is 4.79 Å². The molecule has 0 radical (unpaired) electrons. The van der Waals surface area contributed by atoms with Crippen LogP contribution in [0.2, 0.25) is 5.02 Å². The van der Waals surface area contributed by atoms with E-state index in [-0.39, 0.29) is 5.78 Å². The summed E-state index contributed by atoms with van der Waals surface area (Å²) in [6.45, 7) is 1.41. The molecular formula is C12H15ClN2O. The zero-order chi connectivity index (χ0) is 11.4. The maximum atomic E-state index is 11.6. The van der Waals surface area contributed by atoms with Crippen LogP contribution in [-0.2, 0) is 11.2 Å². The number of nitrogens with zero attached hydrogens (tertiary/aromatic N) is 1. The number of aromatic nitrogens is 1. The summed E-state index contributed by atoms with van der Waals surface area (Å²) in [6, 6.07) is 1.79. The van der Waals surface area contributed by atoms with Gasteiger partial charge in [0.25, 0.3) is 0 Å². The number of pyridine rings is 1. The maximum Gasteiger partial charge on any atom is 0.151 e. The molecule has 16 heavy (non-hydrogen) atoms. The highest BCUT2D eigenvalue weighted by molar-refractivity contribution is 6.31. The average Bonchev–Trinajstić information content (AvgIpc) is 3.05. The summed E-state index contributed by atoms with van der Waals surface area (Å²) < 4.78 is 0. The first kappa shape index (κ1) is 11.6. The first-order chi connectivity index (χ1) is 7.75. The summed E-state index contributed by atoms with van der Waals surface area (Å²) in [6.07, 6.45) is 6.22. The van der Waals surface area contributed by atoms with Crippen LogP contribution in [0.4, 0.5) is 0 Å². The van der Waals surface area contributed by atoms with Crippen molar-refractivity contribution >= 4 is 17.4 Å². The Morgan fingerprint density at radius 2 is 2.38 bits per heavy atom. The van der Waals surface area contributed by atoms with Crippen LogP contribution in [0.15, 0.2) is 18.5 Å². The molecule has 3 nitrogen and oxygen atoms in total. The van der Waals surface area contributed by atoms with Crippen molar-refractivity contribution in [1.82, 2.24) is 10.3 Å². The van der Waals surface area contributed by atoms with Gasteiger partial charge in [-0.1, -0.05) is 11.6 Å². The zero-order valence-electron chi connectivity index (χ0n) is 9.08. The molecule has 1 aromatic heterocycles. The zero-order valence-corrected chi connectivity index (χ0v) is 9.83. The number of rotatable bonds is 6. The van der Waals surface area contributed by atoms with E-state index in [1.807, 2.05) is 0 Å². The highest BCUT2D eigenvalue weighted by Gasteiger charge is 2.20. The number of halogens is 1. The Morgan fingerprint density at radius 1 is 1.56 bits per heavy atom. The minimum atomic E-state index is 0.175. The molecule has 0 unspecified atom stereocenters. The van der Waals surface area contributed by atoms with E-state index in [0.29, 0.717) is 18.0 Å². The van der Waals surface area contributed by atoms with Crippen LogP contribution < -0.4 is 5.32 Å². The Bertz CT molecular complexity index is 377. The monoisotopic (exact) mass is 238 g/mol. The fourth-order valence-electron chi connectivity index (χ4n) is 1.56. The molecule has 86 valence electrons. The Kier molecular flexibility index (Phi) is 3.91. The Balaban J connectivity index is 1.75. The van der Waals surface area contributed by atoms with Crippen LogP contribution in [0.5, 0.6) is 0 Å². The van der Waals surface area contributed by atoms with Crippen LogP contribution in [0.1, 0.15) is 18.4 Å². The first-order valence-corrected chi connectivity index (χ1v) is 5.94. The quantitative estimate of drug-likeness (QED) is 0.823. The van der Waals surface area contributed by atoms with Crippen LogP contribution in [0.25, 0.3) is 0 Å². The van der Waals surface area contributed by atoms with Crippen molar-refractivity contribution in [2.24, 2.45) is 5.92 Å². The Hall–Kier alpha value is -0.930. The third-order valence-electron chi connectivity index (χ3n) is 2.70. The predicted octanol–water partition coefficient (Wildman–Crippen LogP) is 1.85. The molecule has 0 spiro atoms. The van der Waals surface area contributed by atoms with Gasteiger partial charge in [0.15, 0.2) is 5.78 Å². The Labute approximate surface area is 100 Å². The van der Waals surface area contributed by atoms with Gasteiger partial charge in [-0.2, -0.15) is 0 Å². The van der Waals surface area contributed by atoms with Crippen LogP contribution >= 0.6 is 11.6 Å². The molecule has 0 aromatic carbocycles. The van der Waals surface area contributed by atoms with E-state index in [1.54, 1.807) is 18.5 Å². The molecule has 0 bridgehead atoms. The molecule has 1 aromatic rings. The molecule has 1 aliphatic rings. The van der Waals surface area contributed by atoms with Gasteiger partial charge in [0.2, 0.25) is 0 Å². The van der Waals surface area contributed by atoms with Crippen molar-refractivity contribution in [2.45, 2.75) is 19.3 Å². The van der Waals surface area contributed by atoms with E-state index >= 15 is 0 Å². The normalized spacial score (nSPS) is 15.1. The first-order valence-electron chi connectivity index (χ1n) is 5.56. The summed E-state index contributed by atoms with van der Waals surface area (Å²) in [4.78, 5) is 15.5. The van der Waals surface area contributed by atoms with Crippen molar-refractivity contribution in [2.75, 3.05) is 13.1 Å². The molecule has 1 N–H and O–H groups in total. The second-order valence-corrected chi connectivity index (χ2v) is 4.66. The van der Waals surface area contributed by atoms with Gasteiger partial charge < -0.3 is 5.32 Å². The molecule has 1 aliphatic carbocycles. The van der Waals surface area contributed by atoms with Gasteiger partial charge in [-0.3, -0.25) is 9.78 Å². The standard InChI is InChI=1S/C12H15ClN2O/c13-12-8-14-4-3-10(12)5-11(16)7-15-6-9-1-2-9/h3-4,8-9,15H,1-2,5-7H2. The Morgan fingerprint density at radius 3 is 3.06 bits per heavy atom. The molecule has 4 heteroatoms. The van der Waals surface area contributed by atoms with Crippen molar-refractivity contribution in [3.8, 4) is 0 Å².